The Morgan fingerprint density at radius 3 is 1.81 bits per heavy atom. The largest absolute Gasteiger partial charge is 0.456 e. The van der Waals surface area contributed by atoms with Crippen LogP contribution in [-0.4, -0.2) is 14.5 Å². The predicted octanol–water partition coefficient (Wildman–Crippen LogP) is 13.3. The highest BCUT2D eigenvalue weighted by Crippen LogP contribution is 2.47. The second-order valence-electron chi connectivity index (χ2n) is 13.7. The number of para-hydroxylation sites is 5. The van der Waals surface area contributed by atoms with E-state index in [0.717, 1.165) is 99.8 Å². The van der Waals surface area contributed by atoms with E-state index < -0.39 is 0 Å². The first-order chi connectivity index (χ1) is 26.8. The molecule has 0 unspecified atom stereocenters. The highest BCUT2D eigenvalue weighted by Gasteiger charge is 2.22. The number of imidazole rings is 1. The summed E-state index contributed by atoms with van der Waals surface area (Å²) in [4.78, 5) is 10.4. The quantitative estimate of drug-likeness (QED) is 0.169. The van der Waals surface area contributed by atoms with Crippen molar-refractivity contribution in [2.45, 2.75) is 0 Å². The third-order valence-corrected chi connectivity index (χ3v) is 10.6. The molecule has 8 aromatic carbocycles. The number of benzene rings is 8. The summed E-state index contributed by atoms with van der Waals surface area (Å²) >= 11 is 0. The van der Waals surface area contributed by atoms with Gasteiger partial charge in [0.25, 0.3) is 0 Å². The molecule has 0 fully saturated rings. The first-order valence-electron chi connectivity index (χ1n) is 18.2. The van der Waals surface area contributed by atoms with E-state index in [1.54, 1.807) is 0 Å². The molecule has 0 amide bonds. The van der Waals surface area contributed by atoms with Crippen molar-refractivity contribution in [2.24, 2.45) is 0 Å². The van der Waals surface area contributed by atoms with Crippen LogP contribution < -0.4 is 0 Å². The molecule has 0 spiro atoms. The molecular weight excluding hydrogens is 659 g/mol. The SMILES string of the molecule is c1ccc(-c2nc3ccccc3c3c(-c4cccc(-c5cccc(-c6nc7ccccc7n6-c6ccccc6)c5)c4)c4c(cc23)oc2ccccc24)cc1. The van der Waals surface area contributed by atoms with Gasteiger partial charge in [-0.1, -0.05) is 133 Å². The summed E-state index contributed by atoms with van der Waals surface area (Å²) < 4.78 is 8.90. The number of hydrogen-bond donors (Lipinski definition) is 0. The van der Waals surface area contributed by atoms with Crippen LogP contribution in [-0.2, 0) is 0 Å². The summed E-state index contributed by atoms with van der Waals surface area (Å²) in [6.45, 7) is 0. The van der Waals surface area contributed by atoms with Crippen molar-refractivity contribution in [3.05, 3.63) is 188 Å². The van der Waals surface area contributed by atoms with Crippen LogP contribution in [0.4, 0.5) is 0 Å². The minimum atomic E-state index is 0.847. The minimum Gasteiger partial charge on any atom is -0.456 e. The van der Waals surface area contributed by atoms with Gasteiger partial charge in [0.2, 0.25) is 0 Å². The molecule has 3 aromatic heterocycles. The average molecular weight is 690 g/mol. The maximum absolute atomic E-state index is 6.64. The molecule has 0 saturated carbocycles. The Bertz CT molecular complexity index is 3210. The second kappa shape index (κ2) is 12.1. The molecule has 252 valence electrons. The number of furan rings is 1. The van der Waals surface area contributed by atoms with Crippen molar-refractivity contribution >= 4 is 54.6 Å². The molecule has 0 radical (unpaired) electrons. The van der Waals surface area contributed by atoms with Crippen molar-refractivity contribution in [1.29, 1.82) is 0 Å². The maximum Gasteiger partial charge on any atom is 0.145 e. The fourth-order valence-electron chi connectivity index (χ4n) is 8.17. The number of aromatic nitrogens is 3. The zero-order chi connectivity index (χ0) is 35.6. The van der Waals surface area contributed by atoms with Gasteiger partial charge >= 0.3 is 0 Å². The van der Waals surface area contributed by atoms with Gasteiger partial charge in [0.1, 0.15) is 17.0 Å². The van der Waals surface area contributed by atoms with Gasteiger partial charge in [0.15, 0.2) is 0 Å². The molecule has 4 nitrogen and oxygen atoms in total. The number of rotatable bonds is 5. The predicted molar refractivity (Wildman–Crippen MR) is 223 cm³/mol. The van der Waals surface area contributed by atoms with E-state index in [1.165, 1.54) is 5.39 Å². The number of fused-ring (bicyclic) bond motifs is 7. The summed E-state index contributed by atoms with van der Waals surface area (Å²) in [6.07, 6.45) is 0. The lowest BCUT2D eigenvalue weighted by molar-refractivity contribution is 0.669. The summed E-state index contributed by atoms with van der Waals surface area (Å²) in [7, 11) is 0. The fourth-order valence-corrected chi connectivity index (χ4v) is 8.17. The van der Waals surface area contributed by atoms with Gasteiger partial charge in [-0.3, -0.25) is 4.57 Å². The third-order valence-electron chi connectivity index (χ3n) is 10.6. The lowest BCUT2D eigenvalue weighted by Gasteiger charge is -2.16. The van der Waals surface area contributed by atoms with Gasteiger partial charge in [-0.05, 0) is 71.3 Å². The summed E-state index contributed by atoms with van der Waals surface area (Å²) in [5.41, 5.74) is 13.4. The number of pyridine rings is 1. The molecule has 54 heavy (non-hydrogen) atoms. The molecule has 0 bridgehead atoms. The topological polar surface area (TPSA) is 43.9 Å². The van der Waals surface area contributed by atoms with Crippen LogP contribution in [0, 0.1) is 0 Å². The highest BCUT2D eigenvalue weighted by atomic mass is 16.3. The Morgan fingerprint density at radius 2 is 1.00 bits per heavy atom. The number of nitrogens with zero attached hydrogens (tertiary/aromatic N) is 3. The molecule has 11 aromatic rings. The van der Waals surface area contributed by atoms with Crippen LogP contribution in [0.15, 0.2) is 192 Å². The van der Waals surface area contributed by atoms with E-state index in [0.29, 0.717) is 0 Å². The lowest BCUT2D eigenvalue weighted by Crippen LogP contribution is -1.97. The van der Waals surface area contributed by atoms with Crippen molar-refractivity contribution in [1.82, 2.24) is 14.5 Å². The van der Waals surface area contributed by atoms with E-state index in [1.807, 2.05) is 24.3 Å². The molecule has 0 aliphatic carbocycles. The van der Waals surface area contributed by atoms with Crippen molar-refractivity contribution < 1.29 is 4.42 Å². The standard InChI is InChI=1S/C50H31N3O/c1-3-15-32(16-4-1)49-40-31-45-48(39-24-8-12-28-44(39)54-45)46(47(40)38-23-7-9-25-41(38)51-49)35-19-13-17-33(29-35)34-18-14-20-36(30-34)50-52-42-26-10-11-27-43(42)53(50)37-21-5-2-6-22-37/h1-31H. The molecule has 3 heterocycles. The van der Waals surface area contributed by atoms with Crippen molar-refractivity contribution in [2.75, 3.05) is 0 Å². The summed E-state index contributed by atoms with van der Waals surface area (Å²) in [5.74, 6) is 0.911. The van der Waals surface area contributed by atoms with Crippen LogP contribution in [0.5, 0.6) is 0 Å². The first-order valence-corrected chi connectivity index (χ1v) is 18.2. The Labute approximate surface area is 311 Å². The molecule has 4 heteroatoms. The van der Waals surface area contributed by atoms with Gasteiger partial charge in [0.05, 0.1) is 22.2 Å². The van der Waals surface area contributed by atoms with Gasteiger partial charge < -0.3 is 4.42 Å². The lowest BCUT2D eigenvalue weighted by atomic mass is 9.88. The van der Waals surface area contributed by atoms with Crippen molar-refractivity contribution in [3.63, 3.8) is 0 Å². The Kier molecular flexibility index (Phi) is 6.82. The summed E-state index contributed by atoms with van der Waals surface area (Å²) in [5, 5.41) is 5.55. The van der Waals surface area contributed by atoms with E-state index in [2.05, 4.69) is 168 Å². The Hall–Kier alpha value is -7.30. The van der Waals surface area contributed by atoms with E-state index in [-0.39, 0.29) is 0 Å². The second-order valence-corrected chi connectivity index (χ2v) is 13.7. The molecule has 0 atom stereocenters. The van der Waals surface area contributed by atoms with E-state index in [9.17, 15) is 0 Å². The maximum atomic E-state index is 6.64. The molecule has 0 aliphatic rings. The first kappa shape index (κ1) is 30.3. The average Bonchev–Trinajstić information content (AvgIpc) is 3.82. The van der Waals surface area contributed by atoms with Crippen molar-refractivity contribution in [3.8, 4) is 50.6 Å². The van der Waals surface area contributed by atoms with Gasteiger partial charge in [-0.2, -0.15) is 0 Å². The monoisotopic (exact) mass is 689 g/mol. The minimum absolute atomic E-state index is 0.847. The fraction of sp³-hybridized carbons (Fsp3) is 0. The zero-order valence-corrected chi connectivity index (χ0v) is 29.1. The van der Waals surface area contributed by atoms with Crippen LogP contribution >= 0.6 is 0 Å². The molecule has 0 aliphatic heterocycles. The van der Waals surface area contributed by atoms with Crippen LogP contribution in [0.1, 0.15) is 0 Å². The summed E-state index contributed by atoms with van der Waals surface area (Å²) in [6, 6.07) is 66.0. The van der Waals surface area contributed by atoms with E-state index in [4.69, 9.17) is 14.4 Å². The number of hydrogen-bond acceptors (Lipinski definition) is 3. The van der Waals surface area contributed by atoms with Gasteiger partial charge in [-0.15, -0.1) is 0 Å². The normalized spacial score (nSPS) is 11.7. The smallest absolute Gasteiger partial charge is 0.145 e. The van der Waals surface area contributed by atoms with Gasteiger partial charge in [-0.25, -0.2) is 9.97 Å². The zero-order valence-electron chi connectivity index (χ0n) is 29.1. The van der Waals surface area contributed by atoms with Crippen LogP contribution in [0.2, 0.25) is 0 Å². The molecule has 0 N–H and O–H groups in total. The molecule has 11 rings (SSSR count). The Morgan fingerprint density at radius 1 is 0.389 bits per heavy atom. The van der Waals surface area contributed by atoms with Gasteiger partial charge in [0, 0.05) is 49.3 Å². The highest BCUT2D eigenvalue weighted by molar-refractivity contribution is 6.27. The van der Waals surface area contributed by atoms with Crippen LogP contribution in [0.3, 0.4) is 0 Å². The van der Waals surface area contributed by atoms with Crippen LogP contribution in [0.25, 0.3) is 105 Å². The Balaban J connectivity index is 1.17. The van der Waals surface area contributed by atoms with E-state index >= 15 is 0 Å². The molecule has 0 saturated heterocycles. The third kappa shape index (κ3) is 4.78. The molecular formula is C50H31N3O.